The molecule has 3 heterocycles. The molecule has 2 aliphatic heterocycles. The van der Waals surface area contributed by atoms with Crippen LogP contribution in [-0.4, -0.2) is 0 Å². The van der Waals surface area contributed by atoms with Gasteiger partial charge < -0.3 is 8.83 Å². The van der Waals surface area contributed by atoms with Crippen molar-refractivity contribution in [2.45, 2.75) is 0 Å². The molecular formula is C25H14NO2+. The zero-order valence-electron chi connectivity index (χ0n) is 14.8. The Labute approximate surface area is 159 Å². The summed E-state index contributed by atoms with van der Waals surface area (Å²) in [5, 5.41) is 2.27. The van der Waals surface area contributed by atoms with E-state index in [2.05, 4.69) is 53.1 Å². The molecule has 0 fully saturated rings. The Morgan fingerprint density at radius 1 is 0.464 bits per heavy atom. The third-order valence-electron chi connectivity index (χ3n) is 5.68. The normalized spacial score (nSPS) is 12.3. The maximum Gasteiger partial charge on any atom is 0.223 e. The Bertz CT molecular complexity index is 1510. The minimum atomic E-state index is 0.853. The highest BCUT2D eigenvalue weighted by Crippen LogP contribution is 2.47. The van der Waals surface area contributed by atoms with Crippen molar-refractivity contribution in [3.05, 3.63) is 84.9 Å². The number of hydrogen-bond donors (Lipinski definition) is 0. The van der Waals surface area contributed by atoms with Gasteiger partial charge in [0.1, 0.15) is 22.3 Å². The topological polar surface area (TPSA) is 30.2 Å². The molecule has 130 valence electrons. The molecule has 0 saturated heterocycles. The van der Waals surface area contributed by atoms with Crippen molar-refractivity contribution in [1.29, 1.82) is 0 Å². The van der Waals surface area contributed by atoms with Crippen LogP contribution in [0.4, 0.5) is 0 Å². The average Bonchev–Trinajstić information content (AvgIpc) is 2.75. The van der Waals surface area contributed by atoms with Gasteiger partial charge in [0.2, 0.25) is 16.7 Å². The Hall–Kier alpha value is -3.85. The zero-order valence-corrected chi connectivity index (χ0v) is 14.8. The van der Waals surface area contributed by atoms with E-state index in [1.807, 2.05) is 36.4 Å². The first kappa shape index (κ1) is 14.2. The molecule has 28 heavy (non-hydrogen) atoms. The molecule has 0 spiro atoms. The Morgan fingerprint density at radius 2 is 1.00 bits per heavy atom. The molecule has 1 aromatic heterocycles. The second-order valence-corrected chi connectivity index (χ2v) is 7.18. The summed E-state index contributed by atoms with van der Waals surface area (Å²) in [6.07, 6.45) is 0. The summed E-state index contributed by atoms with van der Waals surface area (Å²) in [6, 6.07) is 29.0. The van der Waals surface area contributed by atoms with E-state index in [1.165, 1.54) is 5.56 Å². The van der Waals surface area contributed by atoms with E-state index in [9.17, 15) is 0 Å². The van der Waals surface area contributed by atoms with E-state index in [-0.39, 0.29) is 0 Å². The lowest BCUT2D eigenvalue weighted by Gasteiger charge is -2.18. The van der Waals surface area contributed by atoms with Crippen molar-refractivity contribution in [2.24, 2.45) is 0 Å². The summed E-state index contributed by atoms with van der Waals surface area (Å²) in [4.78, 5) is 0. The van der Waals surface area contributed by atoms with Gasteiger partial charge in [0.25, 0.3) is 0 Å². The van der Waals surface area contributed by atoms with Crippen LogP contribution in [0.5, 0.6) is 0 Å². The van der Waals surface area contributed by atoms with Crippen molar-refractivity contribution in [3.63, 3.8) is 0 Å². The zero-order chi connectivity index (χ0) is 18.2. The van der Waals surface area contributed by atoms with Crippen molar-refractivity contribution in [1.82, 2.24) is 0 Å². The molecule has 5 aromatic rings. The average molecular weight is 360 g/mol. The number of para-hydroxylation sites is 1. The first-order valence-electron chi connectivity index (χ1n) is 9.38. The Morgan fingerprint density at radius 3 is 1.61 bits per heavy atom. The Balaban J connectivity index is 1.89. The van der Waals surface area contributed by atoms with Crippen LogP contribution in [0.15, 0.2) is 93.8 Å². The van der Waals surface area contributed by atoms with Crippen LogP contribution in [0.2, 0.25) is 0 Å². The molecule has 7 rings (SSSR count). The maximum atomic E-state index is 6.31. The van der Waals surface area contributed by atoms with E-state index >= 15 is 0 Å². The summed E-state index contributed by atoms with van der Waals surface area (Å²) < 4.78 is 14.9. The van der Waals surface area contributed by atoms with Gasteiger partial charge in [-0.05, 0) is 24.3 Å². The van der Waals surface area contributed by atoms with Crippen LogP contribution < -0.4 is 4.57 Å². The smallest absolute Gasteiger partial charge is 0.223 e. The quantitative estimate of drug-likeness (QED) is 0.195. The first-order valence-corrected chi connectivity index (χ1v) is 9.38. The third-order valence-corrected chi connectivity index (χ3v) is 5.68. The molecule has 2 aliphatic rings. The highest BCUT2D eigenvalue weighted by atomic mass is 16.3. The molecule has 0 N–H and O–H groups in total. The summed E-state index contributed by atoms with van der Waals surface area (Å²) in [5.74, 6) is 0. The van der Waals surface area contributed by atoms with Gasteiger partial charge in [-0.25, -0.2) is 0 Å². The number of aromatic nitrogens is 1. The number of rotatable bonds is 1. The molecule has 4 aromatic carbocycles. The molecule has 0 atom stereocenters. The van der Waals surface area contributed by atoms with Gasteiger partial charge in [0.05, 0.1) is 16.3 Å². The lowest BCUT2D eigenvalue weighted by molar-refractivity contribution is -0.537. The van der Waals surface area contributed by atoms with Gasteiger partial charge in [0, 0.05) is 29.8 Å². The molecule has 0 saturated carbocycles. The Kier molecular flexibility index (Phi) is 2.49. The van der Waals surface area contributed by atoms with E-state index in [1.54, 1.807) is 0 Å². The van der Waals surface area contributed by atoms with Gasteiger partial charge in [-0.1, -0.05) is 36.4 Å². The van der Waals surface area contributed by atoms with Crippen LogP contribution in [0.1, 0.15) is 0 Å². The predicted octanol–water partition coefficient (Wildman–Crippen LogP) is 6.30. The fourth-order valence-electron chi connectivity index (χ4n) is 4.61. The SMILES string of the molecule is c1ccc(-[n+]2c3cccc4oc5cccc6oc7cccc2c7c(c43)-c56)cc1. The maximum absolute atomic E-state index is 6.31. The standard InChI is InChI=1S/C25H14NO2/c1-2-7-15(8-3-1)26-16-9-4-11-18-22(16)25-23-17(26)10-5-12-19(23)28-21-14-6-13-20(27-18)24(21)25/h1-14H/q+1. The van der Waals surface area contributed by atoms with E-state index in [0.717, 1.165) is 55.4 Å². The third kappa shape index (κ3) is 1.62. The molecular weight excluding hydrogens is 346 g/mol. The number of nitrogens with zero attached hydrogens (tertiary/aromatic N) is 1. The number of benzene rings is 4. The van der Waals surface area contributed by atoms with Crippen LogP contribution in [0, 0.1) is 0 Å². The van der Waals surface area contributed by atoms with Crippen LogP contribution in [-0.2, 0) is 0 Å². The fraction of sp³-hybridized carbons (Fsp3) is 0. The van der Waals surface area contributed by atoms with Gasteiger partial charge >= 0.3 is 0 Å². The van der Waals surface area contributed by atoms with Crippen molar-refractivity contribution in [2.75, 3.05) is 0 Å². The van der Waals surface area contributed by atoms with Crippen LogP contribution in [0.25, 0.3) is 61.0 Å². The second-order valence-electron chi connectivity index (χ2n) is 7.18. The minimum absolute atomic E-state index is 0.853. The van der Waals surface area contributed by atoms with Gasteiger partial charge in [-0.3, -0.25) is 0 Å². The van der Waals surface area contributed by atoms with Crippen molar-refractivity contribution >= 4 is 44.1 Å². The van der Waals surface area contributed by atoms with Crippen molar-refractivity contribution in [3.8, 4) is 16.8 Å². The summed E-state index contributed by atoms with van der Waals surface area (Å²) in [5.41, 5.74) is 9.13. The number of pyridine rings is 1. The van der Waals surface area contributed by atoms with Gasteiger partial charge in [-0.2, -0.15) is 4.57 Å². The van der Waals surface area contributed by atoms with Gasteiger partial charge in [0.15, 0.2) is 0 Å². The molecule has 0 unspecified atom stereocenters. The molecule has 0 aliphatic carbocycles. The van der Waals surface area contributed by atoms with Crippen LogP contribution >= 0.6 is 0 Å². The monoisotopic (exact) mass is 360 g/mol. The number of hydrogen-bond acceptors (Lipinski definition) is 2. The van der Waals surface area contributed by atoms with E-state index in [4.69, 9.17) is 8.83 Å². The largest absolute Gasteiger partial charge is 0.456 e. The van der Waals surface area contributed by atoms with Crippen molar-refractivity contribution < 1.29 is 13.4 Å². The summed E-state index contributed by atoms with van der Waals surface area (Å²) in [6.45, 7) is 0. The highest BCUT2D eigenvalue weighted by Gasteiger charge is 2.31. The van der Waals surface area contributed by atoms with E-state index in [0.29, 0.717) is 0 Å². The minimum Gasteiger partial charge on any atom is -0.456 e. The molecule has 3 nitrogen and oxygen atoms in total. The molecule has 0 bridgehead atoms. The molecule has 0 amide bonds. The van der Waals surface area contributed by atoms with Gasteiger partial charge in [-0.15, -0.1) is 0 Å². The summed E-state index contributed by atoms with van der Waals surface area (Å²) in [7, 11) is 0. The van der Waals surface area contributed by atoms with E-state index < -0.39 is 0 Å². The second kappa shape index (κ2) is 4.90. The first-order chi connectivity index (χ1) is 13.9. The molecule has 3 heteroatoms. The highest BCUT2D eigenvalue weighted by molar-refractivity contribution is 6.22. The predicted molar refractivity (Wildman–Crippen MR) is 110 cm³/mol. The summed E-state index contributed by atoms with van der Waals surface area (Å²) >= 11 is 0. The lowest BCUT2D eigenvalue weighted by Crippen LogP contribution is -2.33. The molecule has 0 radical (unpaired) electrons. The fourth-order valence-corrected chi connectivity index (χ4v) is 4.61. The van der Waals surface area contributed by atoms with Crippen LogP contribution in [0.3, 0.4) is 0 Å². The lowest BCUT2D eigenvalue weighted by atomic mass is 9.92.